The van der Waals surface area contributed by atoms with Crippen molar-refractivity contribution in [3.8, 4) is 0 Å². The molecule has 0 fully saturated rings. The summed E-state index contributed by atoms with van der Waals surface area (Å²) in [6.45, 7) is 11.8. The Morgan fingerprint density at radius 3 is 2.00 bits per heavy atom. The summed E-state index contributed by atoms with van der Waals surface area (Å²) in [4.78, 5) is 4.77. The Labute approximate surface area is 68.9 Å². The Balaban J connectivity index is 4.20. The van der Waals surface area contributed by atoms with Gasteiger partial charge in [-0.1, -0.05) is 39.4 Å². The molecule has 2 nitrogen and oxygen atoms in total. The third kappa shape index (κ3) is 3.81. The zero-order valence-corrected chi connectivity index (χ0v) is 7.79. The van der Waals surface area contributed by atoms with Gasteiger partial charge in [-0.15, -0.1) is 0 Å². The van der Waals surface area contributed by atoms with Crippen LogP contribution in [-0.2, 0) is 4.84 Å². The summed E-state index contributed by atoms with van der Waals surface area (Å²) in [5.74, 6) is 0.880. The summed E-state index contributed by atoms with van der Waals surface area (Å²) in [6.07, 6.45) is 1.34. The largest absolute Gasteiger partial charge is 0.366 e. The average molecular weight is 155 g/mol. The van der Waals surface area contributed by atoms with Gasteiger partial charge in [-0.05, 0) is 11.8 Å². The zero-order chi connectivity index (χ0) is 8.85. The highest BCUT2D eigenvalue weighted by Crippen LogP contribution is 2.07. The maximum atomic E-state index is 4.77. The molecule has 0 aromatic heterocycles. The summed E-state index contributed by atoms with van der Waals surface area (Å²) in [6, 6.07) is 0. The van der Waals surface area contributed by atoms with E-state index in [1.165, 1.54) is 6.26 Å². The summed E-state index contributed by atoms with van der Waals surface area (Å²) >= 11 is 0. The van der Waals surface area contributed by atoms with Gasteiger partial charge in [0.05, 0.1) is 5.71 Å². The predicted molar refractivity (Wildman–Crippen MR) is 48.4 cm³/mol. The quantitative estimate of drug-likeness (QED) is 0.347. The van der Waals surface area contributed by atoms with Gasteiger partial charge in [-0.2, -0.15) is 0 Å². The molecule has 11 heavy (non-hydrogen) atoms. The number of rotatable bonds is 4. The van der Waals surface area contributed by atoms with Crippen molar-refractivity contribution < 1.29 is 4.84 Å². The van der Waals surface area contributed by atoms with Crippen LogP contribution in [0.4, 0.5) is 0 Å². The fourth-order valence-corrected chi connectivity index (χ4v) is 0.976. The van der Waals surface area contributed by atoms with E-state index in [-0.39, 0.29) is 0 Å². The standard InChI is InChI=1S/C9H17NO/c1-6-11-10-9(7(2)3)8(4)5/h6-8H,1H2,2-5H3. The van der Waals surface area contributed by atoms with Crippen molar-refractivity contribution in [3.63, 3.8) is 0 Å². The van der Waals surface area contributed by atoms with Crippen LogP contribution in [-0.4, -0.2) is 5.71 Å². The molecule has 0 unspecified atom stereocenters. The number of oxime groups is 1. The van der Waals surface area contributed by atoms with Crippen molar-refractivity contribution in [3.05, 3.63) is 12.8 Å². The van der Waals surface area contributed by atoms with E-state index in [2.05, 4.69) is 39.4 Å². The van der Waals surface area contributed by atoms with E-state index in [9.17, 15) is 0 Å². The molecule has 0 aliphatic carbocycles. The Hall–Kier alpha value is -0.790. The molecule has 64 valence electrons. The minimum Gasteiger partial charge on any atom is -0.366 e. The minimum absolute atomic E-state index is 0.440. The van der Waals surface area contributed by atoms with E-state index in [4.69, 9.17) is 4.84 Å². The monoisotopic (exact) mass is 155 g/mol. The van der Waals surface area contributed by atoms with Gasteiger partial charge in [0, 0.05) is 0 Å². The first kappa shape index (κ1) is 10.2. The van der Waals surface area contributed by atoms with Gasteiger partial charge in [-0.3, -0.25) is 0 Å². The van der Waals surface area contributed by atoms with E-state index in [1.54, 1.807) is 0 Å². The van der Waals surface area contributed by atoms with Crippen LogP contribution in [0.2, 0.25) is 0 Å². The maximum absolute atomic E-state index is 4.77. The third-order valence-electron chi connectivity index (χ3n) is 1.42. The second-order valence-corrected chi connectivity index (χ2v) is 3.10. The Morgan fingerprint density at radius 2 is 1.73 bits per heavy atom. The first-order valence-electron chi connectivity index (χ1n) is 3.94. The molecule has 0 aliphatic rings. The van der Waals surface area contributed by atoms with Gasteiger partial charge in [-0.25, -0.2) is 0 Å². The van der Waals surface area contributed by atoms with Crippen LogP contribution in [0.15, 0.2) is 18.0 Å². The molecule has 0 aromatic carbocycles. The molecule has 0 atom stereocenters. The van der Waals surface area contributed by atoms with Gasteiger partial charge in [0.1, 0.15) is 6.26 Å². The smallest absolute Gasteiger partial charge is 0.114 e. The van der Waals surface area contributed by atoms with E-state index >= 15 is 0 Å². The van der Waals surface area contributed by atoms with Crippen molar-refractivity contribution in [1.29, 1.82) is 0 Å². The number of hydrogen-bond acceptors (Lipinski definition) is 2. The van der Waals surface area contributed by atoms with Crippen molar-refractivity contribution in [2.75, 3.05) is 0 Å². The molecule has 0 amide bonds. The molecule has 0 saturated carbocycles. The summed E-state index contributed by atoms with van der Waals surface area (Å²) in [7, 11) is 0. The molecule has 0 rings (SSSR count). The SMILES string of the molecule is C=CON=C(C(C)C)C(C)C. The van der Waals surface area contributed by atoms with Crippen molar-refractivity contribution in [2.24, 2.45) is 17.0 Å². The van der Waals surface area contributed by atoms with E-state index < -0.39 is 0 Å². The van der Waals surface area contributed by atoms with E-state index in [0.29, 0.717) is 11.8 Å². The number of nitrogens with zero attached hydrogens (tertiary/aromatic N) is 1. The normalized spacial score (nSPS) is 10.0. The molecule has 0 spiro atoms. The van der Waals surface area contributed by atoms with Gasteiger partial charge in [0.15, 0.2) is 0 Å². The zero-order valence-electron chi connectivity index (χ0n) is 7.79. The van der Waals surface area contributed by atoms with Crippen LogP contribution in [0, 0.1) is 11.8 Å². The lowest BCUT2D eigenvalue weighted by Crippen LogP contribution is -2.14. The maximum Gasteiger partial charge on any atom is 0.114 e. The van der Waals surface area contributed by atoms with Crippen LogP contribution in [0.5, 0.6) is 0 Å². The van der Waals surface area contributed by atoms with E-state index in [0.717, 1.165) is 5.71 Å². The average Bonchev–Trinajstić information content (AvgIpc) is 1.87. The Kier molecular flexibility index (Phi) is 4.59. The predicted octanol–water partition coefficient (Wildman–Crippen LogP) is 2.81. The Bertz CT molecular complexity index is 138. The van der Waals surface area contributed by atoms with Crippen molar-refractivity contribution in [1.82, 2.24) is 0 Å². The fraction of sp³-hybridized carbons (Fsp3) is 0.667. The fourth-order valence-electron chi connectivity index (χ4n) is 0.976. The molecule has 0 saturated heterocycles. The highest BCUT2D eigenvalue weighted by atomic mass is 16.6. The molecular formula is C9H17NO. The first-order chi connectivity index (χ1) is 5.09. The highest BCUT2D eigenvalue weighted by molar-refractivity contribution is 5.87. The van der Waals surface area contributed by atoms with Crippen LogP contribution in [0.25, 0.3) is 0 Å². The second kappa shape index (κ2) is 4.94. The number of hydrogen-bond donors (Lipinski definition) is 0. The molecule has 0 heterocycles. The van der Waals surface area contributed by atoms with Crippen LogP contribution in [0.1, 0.15) is 27.7 Å². The van der Waals surface area contributed by atoms with Gasteiger partial charge >= 0.3 is 0 Å². The lowest BCUT2D eigenvalue weighted by atomic mass is 9.98. The van der Waals surface area contributed by atoms with Crippen molar-refractivity contribution in [2.45, 2.75) is 27.7 Å². The summed E-state index contributed by atoms with van der Waals surface area (Å²) < 4.78 is 0. The lowest BCUT2D eigenvalue weighted by Gasteiger charge is -2.11. The minimum atomic E-state index is 0.440. The van der Waals surface area contributed by atoms with Crippen molar-refractivity contribution >= 4 is 5.71 Å². The first-order valence-corrected chi connectivity index (χ1v) is 3.94. The van der Waals surface area contributed by atoms with Crippen LogP contribution < -0.4 is 0 Å². The van der Waals surface area contributed by atoms with Gasteiger partial charge in [0.25, 0.3) is 0 Å². The molecule has 0 bridgehead atoms. The third-order valence-corrected chi connectivity index (χ3v) is 1.42. The van der Waals surface area contributed by atoms with Crippen LogP contribution in [0.3, 0.4) is 0 Å². The highest BCUT2D eigenvalue weighted by Gasteiger charge is 2.09. The van der Waals surface area contributed by atoms with Gasteiger partial charge in [0.2, 0.25) is 0 Å². The molecule has 0 aliphatic heterocycles. The molecule has 2 heteroatoms. The van der Waals surface area contributed by atoms with E-state index in [1.807, 2.05) is 0 Å². The summed E-state index contributed by atoms with van der Waals surface area (Å²) in [5, 5.41) is 3.94. The lowest BCUT2D eigenvalue weighted by molar-refractivity contribution is 0.264. The Morgan fingerprint density at radius 1 is 1.27 bits per heavy atom. The molecule has 0 radical (unpaired) electrons. The second-order valence-electron chi connectivity index (χ2n) is 3.10. The molecule has 0 N–H and O–H groups in total. The van der Waals surface area contributed by atoms with Gasteiger partial charge < -0.3 is 4.84 Å². The van der Waals surface area contributed by atoms with Crippen LogP contribution >= 0.6 is 0 Å². The summed E-state index contributed by atoms with van der Waals surface area (Å²) in [5.41, 5.74) is 1.07. The molecular weight excluding hydrogens is 138 g/mol. The molecule has 0 aromatic rings. The topological polar surface area (TPSA) is 21.6 Å².